The summed E-state index contributed by atoms with van der Waals surface area (Å²) in [5.41, 5.74) is 3.71. The van der Waals surface area contributed by atoms with Crippen molar-refractivity contribution in [1.29, 1.82) is 0 Å². The van der Waals surface area contributed by atoms with Gasteiger partial charge >= 0.3 is 0 Å². The quantitative estimate of drug-likeness (QED) is 0.516. The number of ether oxygens (including phenoxy) is 1. The highest BCUT2D eigenvalue weighted by Gasteiger charge is 2.28. The molecule has 0 bridgehead atoms. The van der Waals surface area contributed by atoms with Crippen molar-refractivity contribution >= 4 is 11.9 Å². The molecule has 1 fully saturated rings. The van der Waals surface area contributed by atoms with Crippen LogP contribution >= 0.6 is 0 Å². The van der Waals surface area contributed by atoms with Gasteiger partial charge in [-0.05, 0) is 61.1 Å². The molecule has 182 valence electrons. The van der Waals surface area contributed by atoms with E-state index in [0.717, 1.165) is 54.1 Å². The first-order valence-corrected chi connectivity index (χ1v) is 12.4. The highest BCUT2D eigenvalue weighted by atomic mass is 19.1. The molecule has 0 spiro atoms. The van der Waals surface area contributed by atoms with E-state index >= 15 is 0 Å². The monoisotopic (exact) mass is 474 g/mol. The van der Waals surface area contributed by atoms with E-state index in [1.54, 1.807) is 12.1 Å². The average molecular weight is 475 g/mol. The van der Waals surface area contributed by atoms with Gasteiger partial charge in [-0.1, -0.05) is 31.2 Å². The smallest absolute Gasteiger partial charge is 0.229 e. The molecule has 7 heteroatoms. The van der Waals surface area contributed by atoms with Crippen LogP contribution in [0.25, 0.3) is 0 Å². The van der Waals surface area contributed by atoms with E-state index in [2.05, 4.69) is 11.8 Å². The van der Waals surface area contributed by atoms with Crippen LogP contribution in [0, 0.1) is 18.7 Å². The molecule has 5 rings (SSSR count). The fourth-order valence-corrected chi connectivity index (χ4v) is 4.70. The number of nitrogens with zero attached hydrogens (tertiary/aromatic N) is 4. The molecule has 2 aliphatic rings. The summed E-state index contributed by atoms with van der Waals surface area (Å²) in [4.78, 5) is 26.9. The normalized spacial score (nSPS) is 16.2. The Labute approximate surface area is 205 Å². The van der Waals surface area contributed by atoms with Gasteiger partial charge in [0.25, 0.3) is 0 Å². The summed E-state index contributed by atoms with van der Waals surface area (Å²) >= 11 is 0. The molecule has 0 unspecified atom stereocenters. The van der Waals surface area contributed by atoms with Gasteiger partial charge in [-0.2, -0.15) is 4.98 Å². The number of hydrogen-bond acceptors (Lipinski definition) is 5. The number of piperidine rings is 1. The van der Waals surface area contributed by atoms with Crippen molar-refractivity contribution in [2.24, 2.45) is 5.92 Å². The van der Waals surface area contributed by atoms with Crippen LogP contribution < -0.4 is 9.64 Å². The third-order valence-corrected chi connectivity index (χ3v) is 6.90. The number of rotatable bonds is 5. The minimum absolute atomic E-state index is 0.00198. The Balaban J connectivity index is 1.42. The second-order valence-corrected chi connectivity index (χ2v) is 9.71. The number of halogens is 1. The summed E-state index contributed by atoms with van der Waals surface area (Å²) in [7, 11) is 0. The lowest BCUT2D eigenvalue weighted by atomic mass is 9.99. The maximum absolute atomic E-state index is 13.3. The van der Waals surface area contributed by atoms with Crippen LogP contribution in [-0.4, -0.2) is 40.4 Å². The lowest BCUT2D eigenvalue weighted by molar-refractivity contribution is -0.131. The predicted octanol–water partition coefficient (Wildman–Crippen LogP) is 5.08. The molecule has 0 saturated carbocycles. The molecule has 2 aliphatic heterocycles. The Bertz CT molecular complexity index is 1210. The van der Waals surface area contributed by atoms with Gasteiger partial charge in [-0.3, -0.25) is 4.79 Å². The Morgan fingerprint density at radius 2 is 1.86 bits per heavy atom. The molecule has 0 N–H and O–H groups in total. The van der Waals surface area contributed by atoms with Crippen molar-refractivity contribution in [2.75, 3.05) is 24.5 Å². The summed E-state index contributed by atoms with van der Waals surface area (Å²) in [5, 5.41) is 0. The minimum Gasteiger partial charge on any atom is -0.438 e. The van der Waals surface area contributed by atoms with Gasteiger partial charge in [0.15, 0.2) is 0 Å². The molecular weight excluding hydrogens is 443 g/mol. The Morgan fingerprint density at radius 1 is 1.09 bits per heavy atom. The topological polar surface area (TPSA) is 58.6 Å². The van der Waals surface area contributed by atoms with Crippen molar-refractivity contribution < 1.29 is 13.9 Å². The largest absolute Gasteiger partial charge is 0.438 e. The summed E-state index contributed by atoms with van der Waals surface area (Å²) in [6.07, 6.45) is 3.13. The summed E-state index contributed by atoms with van der Waals surface area (Å²) in [6.45, 7) is 7.17. The summed E-state index contributed by atoms with van der Waals surface area (Å²) < 4.78 is 19.6. The summed E-state index contributed by atoms with van der Waals surface area (Å²) in [5.74, 6) is 2.37. The lowest BCUT2D eigenvalue weighted by Gasteiger charge is -2.33. The van der Waals surface area contributed by atoms with Crippen molar-refractivity contribution in [3.8, 4) is 11.6 Å². The Hall–Kier alpha value is -3.48. The van der Waals surface area contributed by atoms with Gasteiger partial charge in [0.2, 0.25) is 17.7 Å². The van der Waals surface area contributed by atoms with Crippen molar-refractivity contribution in [3.63, 3.8) is 0 Å². The first kappa shape index (κ1) is 23.3. The van der Waals surface area contributed by atoms with Crippen LogP contribution in [0.2, 0.25) is 0 Å². The van der Waals surface area contributed by atoms with Crippen molar-refractivity contribution in [1.82, 2.24) is 14.9 Å². The zero-order chi connectivity index (χ0) is 24.4. The van der Waals surface area contributed by atoms with Crippen LogP contribution in [0.3, 0.4) is 0 Å². The van der Waals surface area contributed by atoms with Gasteiger partial charge < -0.3 is 14.5 Å². The maximum Gasteiger partial charge on any atom is 0.229 e. The van der Waals surface area contributed by atoms with Crippen LogP contribution in [0.15, 0.2) is 48.5 Å². The van der Waals surface area contributed by atoms with Gasteiger partial charge in [-0.25, -0.2) is 9.37 Å². The fourth-order valence-electron chi connectivity index (χ4n) is 4.70. The van der Waals surface area contributed by atoms with E-state index in [4.69, 9.17) is 14.7 Å². The van der Waals surface area contributed by atoms with Gasteiger partial charge in [-0.15, -0.1) is 0 Å². The molecule has 3 aromatic rings. The van der Waals surface area contributed by atoms with E-state index in [1.807, 2.05) is 36.1 Å². The van der Waals surface area contributed by atoms with Crippen molar-refractivity contribution in [2.45, 2.75) is 46.1 Å². The lowest BCUT2D eigenvalue weighted by Crippen LogP contribution is -2.39. The molecule has 3 heterocycles. The van der Waals surface area contributed by atoms with Crippen LogP contribution in [0.4, 0.5) is 10.3 Å². The number of aromatic nitrogens is 2. The zero-order valence-electron chi connectivity index (χ0n) is 20.3. The van der Waals surface area contributed by atoms with Crippen LogP contribution in [-0.2, 0) is 24.2 Å². The Kier molecular flexibility index (Phi) is 6.66. The third kappa shape index (κ3) is 5.45. The first-order valence-electron chi connectivity index (χ1n) is 12.4. The predicted molar refractivity (Wildman–Crippen MR) is 133 cm³/mol. The number of amides is 1. The number of benzene rings is 2. The molecule has 35 heavy (non-hydrogen) atoms. The number of anilines is 1. The molecule has 6 nitrogen and oxygen atoms in total. The number of carbonyl (C=O) groups excluding carboxylic acids is 1. The molecule has 1 amide bonds. The van der Waals surface area contributed by atoms with Gasteiger partial charge in [0.1, 0.15) is 11.6 Å². The fraction of sp³-hybridized carbons (Fsp3) is 0.393. The third-order valence-electron chi connectivity index (χ3n) is 6.90. The van der Waals surface area contributed by atoms with Crippen molar-refractivity contribution in [3.05, 3.63) is 76.7 Å². The molecule has 0 aliphatic carbocycles. The molecule has 0 atom stereocenters. The number of fused-ring (bicyclic) bond motifs is 1. The van der Waals surface area contributed by atoms with E-state index in [-0.39, 0.29) is 18.1 Å². The van der Waals surface area contributed by atoms with E-state index in [0.29, 0.717) is 37.3 Å². The van der Waals surface area contributed by atoms with Gasteiger partial charge in [0, 0.05) is 26.1 Å². The average Bonchev–Trinajstić information content (AvgIpc) is 2.85. The van der Waals surface area contributed by atoms with E-state index < -0.39 is 0 Å². The second-order valence-electron chi connectivity index (χ2n) is 9.71. The minimum atomic E-state index is -0.304. The molecule has 0 radical (unpaired) electrons. The number of aryl methyl sites for hydroxylation is 1. The van der Waals surface area contributed by atoms with Crippen LogP contribution in [0.5, 0.6) is 11.6 Å². The SMILES string of the molecule is Cc1cccc(Oc2nc(N3CCC(C)CC3)nc3c2CN(C(=O)Cc2ccc(F)cc2)CC3)c1. The van der Waals surface area contributed by atoms with Crippen LogP contribution in [0.1, 0.15) is 42.1 Å². The molecule has 2 aromatic carbocycles. The highest BCUT2D eigenvalue weighted by molar-refractivity contribution is 5.79. The maximum atomic E-state index is 13.3. The Morgan fingerprint density at radius 3 is 2.60 bits per heavy atom. The standard InChI is InChI=1S/C28H31FN4O2/c1-19-10-13-32(14-11-19)28-30-25-12-15-33(26(34)17-21-6-8-22(29)9-7-21)18-24(25)27(31-28)35-23-5-3-4-20(2)16-23/h3-9,16,19H,10-15,17-18H2,1-2H3. The molecule has 1 saturated heterocycles. The second kappa shape index (κ2) is 10.0. The van der Waals surface area contributed by atoms with E-state index in [1.165, 1.54) is 12.1 Å². The number of hydrogen-bond donors (Lipinski definition) is 0. The zero-order valence-corrected chi connectivity index (χ0v) is 20.3. The van der Waals surface area contributed by atoms with E-state index in [9.17, 15) is 9.18 Å². The summed E-state index contributed by atoms with van der Waals surface area (Å²) in [6, 6.07) is 14.0. The first-order chi connectivity index (χ1) is 16.9. The van der Waals surface area contributed by atoms with Gasteiger partial charge in [0.05, 0.1) is 24.2 Å². The molecule has 1 aromatic heterocycles. The molecular formula is C28H31FN4O2. The highest BCUT2D eigenvalue weighted by Crippen LogP contribution is 2.33. The number of carbonyl (C=O) groups is 1.